The van der Waals surface area contributed by atoms with E-state index in [1.54, 1.807) is 6.92 Å². The molecule has 1 atom stereocenters. The monoisotopic (exact) mass is 318 g/mol. The third-order valence-corrected chi connectivity index (χ3v) is 4.46. The minimum atomic E-state index is -0.957. The standard InChI is InChI=1S/C16H18N2O3S/c1-4-11-5-7-12(8-6-11)15-18-9(2)13(22-15)16(20)21-10(3)14(17)19/h5-8,10H,4H2,1-3H3,(H2,17,19)/t10-/m1/s1. The number of nitrogens with two attached hydrogens (primary N) is 1. The van der Waals surface area contributed by atoms with Gasteiger partial charge in [-0.3, -0.25) is 4.79 Å². The van der Waals surface area contributed by atoms with Crippen LogP contribution in [-0.2, 0) is 16.0 Å². The number of carbonyl (C=O) groups excluding carboxylic acids is 2. The van der Waals surface area contributed by atoms with Crippen molar-refractivity contribution in [2.45, 2.75) is 33.3 Å². The lowest BCUT2D eigenvalue weighted by Gasteiger charge is -2.08. The maximum absolute atomic E-state index is 12.1. The SMILES string of the molecule is CCc1ccc(-c2nc(C)c(C(=O)O[C@H](C)C(N)=O)s2)cc1. The first kappa shape index (κ1) is 16.2. The quantitative estimate of drug-likeness (QED) is 0.859. The van der Waals surface area contributed by atoms with Crippen LogP contribution in [0.1, 0.15) is 34.8 Å². The molecule has 0 aliphatic carbocycles. The topological polar surface area (TPSA) is 82.3 Å². The first-order valence-electron chi connectivity index (χ1n) is 6.99. The zero-order valence-electron chi connectivity index (χ0n) is 12.8. The van der Waals surface area contributed by atoms with Gasteiger partial charge in [0, 0.05) is 5.56 Å². The van der Waals surface area contributed by atoms with E-state index in [0.29, 0.717) is 10.6 Å². The molecule has 0 aliphatic rings. The molecule has 0 radical (unpaired) electrons. The van der Waals surface area contributed by atoms with Crippen LogP contribution < -0.4 is 5.73 Å². The molecule has 6 heteroatoms. The van der Waals surface area contributed by atoms with Gasteiger partial charge in [0.2, 0.25) is 0 Å². The zero-order chi connectivity index (χ0) is 16.3. The summed E-state index contributed by atoms with van der Waals surface area (Å²) in [5.74, 6) is -1.25. The van der Waals surface area contributed by atoms with Gasteiger partial charge in [-0.25, -0.2) is 9.78 Å². The maximum Gasteiger partial charge on any atom is 0.351 e. The Morgan fingerprint density at radius 3 is 2.50 bits per heavy atom. The van der Waals surface area contributed by atoms with E-state index in [9.17, 15) is 9.59 Å². The largest absolute Gasteiger partial charge is 0.448 e. The molecule has 5 nitrogen and oxygen atoms in total. The van der Waals surface area contributed by atoms with E-state index in [1.165, 1.54) is 23.8 Å². The van der Waals surface area contributed by atoms with Crippen LogP contribution >= 0.6 is 11.3 Å². The Balaban J connectivity index is 2.23. The molecule has 0 fully saturated rings. The highest BCUT2D eigenvalue weighted by Gasteiger charge is 2.21. The molecule has 1 aromatic heterocycles. The Labute approximate surface area is 133 Å². The molecular formula is C16H18N2O3S. The number of nitrogens with zero attached hydrogens (tertiary/aromatic N) is 1. The summed E-state index contributed by atoms with van der Waals surface area (Å²) in [5, 5.41) is 0.749. The number of amides is 1. The van der Waals surface area contributed by atoms with Gasteiger partial charge in [0.05, 0.1) is 5.69 Å². The zero-order valence-corrected chi connectivity index (χ0v) is 13.6. The molecule has 0 spiro atoms. The highest BCUT2D eigenvalue weighted by molar-refractivity contribution is 7.17. The molecule has 0 saturated carbocycles. The van der Waals surface area contributed by atoms with Crippen LogP contribution in [0.5, 0.6) is 0 Å². The normalized spacial score (nSPS) is 12.0. The number of hydrogen-bond donors (Lipinski definition) is 1. The minimum Gasteiger partial charge on any atom is -0.448 e. The molecule has 116 valence electrons. The number of primary amides is 1. The molecule has 2 N–H and O–H groups in total. The number of ether oxygens (including phenoxy) is 1. The fourth-order valence-corrected chi connectivity index (χ4v) is 2.82. The van der Waals surface area contributed by atoms with Gasteiger partial charge >= 0.3 is 5.97 Å². The summed E-state index contributed by atoms with van der Waals surface area (Å²) in [6, 6.07) is 8.05. The smallest absolute Gasteiger partial charge is 0.351 e. The van der Waals surface area contributed by atoms with Crippen LogP contribution in [0.3, 0.4) is 0 Å². The van der Waals surface area contributed by atoms with E-state index in [0.717, 1.165) is 17.0 Å². The fraction of sp³-hybridized carbons (Fsp3) is 0.312. The Morgan fingerprint density at radius 1 is 1.32 bits per heavy atom. The highest BCUT2D eigenvalue weighted by atomic mass is 32.1. The summed E-state index contributed by atoms with van der Waals surface area (Å²) < 4.78 is 5.02. The van der Waals surface area contributed by atoms with Crippen LogP contribution in [-0.4, -0.2) is 23.0 Å². The molecule has 1 heterocycles. The third kappa shape index (κ3) is 3.51. The second-order valence-electron chi connectivity index (χ2n) is 4.93. The van der Waals surface area contributed by atoms with Gasteiger partial charge in [-0.05, 0) is 25.8 Å². The number of thiazole rings is 1. The maximum atomic E-state index is 12.1. The predicted octanol–water partition coefficient (Wildman–Crippen LogP) is 2.71. The first-order chi connectivity index (χ1) is 10.4. The summed E-state index contributed by atoms with van der Waals surface area (Å²) in [7, 11) is 0. The third-order valence-electron chi connectivity index (χ3n) is 3.28. The van der Waals surface area contributed by atoms with Crippen LogP contribution in [0, 0.1) is 6.92 Å². The van der Waals surface area contributed by atoms with Crippen molar-refractivity contribution in [3.05, 3.63) is 40.4 Å². The average molecular weight is 318 g/mol. The number of rotatable bonds is 5. The lowest BCUT2D eigenvalue weighted by molar-refractivity contribution is -0.125. The van der Waals surface area contributed by atoms with E-state index in [1.807, 2.05) is 24.3 Å². The van der Waals surface area contributed by atoms with Crippen molar-refractivity contribution in [3.8, 4) is 10.6 Å². The van der Waals surface area contributed by atoms with E-state index < -0.39 is 18.0 Å². The predicted molar refractivity (Wildman–Crippen MR) is 85.7 cm³/mol. The van der Waals surface area contributed by atoms with Crippen LogP contribution in [0.2, 0.25) is 0 Å². The van der Waals surface area contributed by atoms with Gasteiger partial charge in [-0.2, -0.15) is 0 Å². The van der Waals surface area contributed by atoms with Crippen molar-refractivity contribution in [2.24, 2.45) is 5.73 Å². The number of benzene rings is 1. The molecule has 1 amide bonds. The molecule has 0 saturated heterocycles. The fourth-order valence-electron chi connectivity index (χ4n) is 1.86. The highest BCUT2D eigenvalue weighted by Crippen LogP contribution is 2.29. The summed E-state index contributed by atoms with van der Waals surface area (Å²) in [6.07, 6.45) is 0.0148. The average Bonchev–Trinajstić information content (AvgIpc) is 2.89. The molecule has 22 heavy (non-hydrogen) atoms. The van der Waals surface area contributed by atoms with E-state index in [-0.39, 0.29) is 0 Å². The summed E-state index contributed by atoms with van der Waals surface area (Å²) in [4.78, 5) is 27.8. The lowest BCUT2D eigenvalue weighted by Crippen LogP contribution is -2.30. The molecule has 1 aromatic carbocycles. The van der Waals surface area contributed by atoms with Gasteiger partial charge in [-0.15, -0.1) is 11.3 Å². The molecule has 2 aromatic rings. The van der Waals surface area contributed by atoms with E-state index in [4.69, 9.17) is 10.5 Å². The van der Waals surface area contributed by atoms with Crippen molar-refractivity contribution in [1.29, 1.82) is 0 Å². The molecule has 2 rings (SSSR count). The van der Waals surface area contributed by atoms with Crippen molar-refractivity contribution >= 4 is 23.2 Å². The van der Waals surface area contributed by atoms with Crippen molar-refractivity contribution in [1.82, 2.24) is 4.98 Å². The van der Waals surface area contributed by atoms with Gasteiger partial charge in [0.1, 0.15) is 9.88 Å². The number of hydrogen-bond acceptors (Lipinski definition) is 5. The first-order valence-corrected chi connectivity index (χ1v) is 7.81. The summed E-state index contributed by atoms with van der Waals surface area (Å²) in [5.41, 5.74) is 7.87. The Bertz CT molecular complexity index is 692. The van der Waals surface area contributed by atoms with Gasteiger partial charge < -0.3 is 10.5 Å². The molecule has 0 aliphatic heterocycles. The number of aromatic nitrogens is 1. The van der Waals surface area contributed by atoms with E-state index >= 15 is 0 Å². The Morgan fingerprint density at radius 2 is 1.95 bits per heavy atom. The van der Waals surface area contributed by atoms with Crippen LogP contribution in [0.25, 0.3) is 10.6 Å². The van der Waals surface area contributed by atoms with E-state index in [2.05, 4.69) is 11.9 Å². The minimum absolute atomic E-state index is 0.391. The van der Waals surface area contributed by atoms with Crippen LogP contribution in [0.15, 0.2) is 24.3 Å². The second-order valence-corrected chi connectivity index (χ2v) is 5.93. The van der Waals surface area contributed by atoms with Gasteiger partial charge in [-0.1, -0.05) is 31.2 Å². The summed E-state index contributed by atoms with van der Waals surface area (Å²) >= 11 is 1.25. The summed E-state index contributed by atoms with van der Waals surface area (Å²) in [6.45, 7) is 5.28. The Kier molecular flexibility index (Phi) is 4.92. The molecule has 0 bridgehead atoms. The van der Waals surface area contributed by atoms with Gasteiger partial charge in [0.25, 0.3) is 5.91 Å². The van der Waals surface area contributed by atoms with Crippen molar-refractivity contribution in [2.75, 3.05) is 0 Å². The molecule has 0 unspecified atom stereocenters. The number of carbonyl (C=O) groups is 2. The Hall–Kier alpha value is -2.21. The number of esters is 1. The van der Waals surface area contributed by atoms with Crippen molar-refractivity contribution < 1.29 is 14.3 Å². The number of aryl methyl sites for hydroxylation is 2. The van der Waals surface area contributed by atoms with Crippen LogP contribution in [0.4, 0.5) is 0 Å². The second kappa shape index (κ2) is 6.70. The lowest BCUT2D eigenvalue weighted by atomic mass is 10.1. The van der Waals surface area contributed by atoms with Crippen molar-refractivity contribution in [3.63, 3.8) is 0 Å². The van der Waals surface area contributed by atoms with Gasteiger partial charge in [0.15, 0.2) is 6.10 Å². The molecular weight excluding hydrogens is 300 g/mol.